The van der Waals surface area contributed by atoms with Crippen LogP contribution in [0.5, 0.6) is 0 Å². The van der Waals surface area contributed by atoms with Crippen molar-refractivity contribution in [1.82, 2.24) is 0 Å². The Kier molecular flexibility index (Phi) is 8.90. The highest BCUT2D eigenvalue weighted by Crippen LogP contribution is 2.73. The molecule has 1 heterocycles. The Morgan fingerprint density at radius 3 is 2.09 bits per heavy atom. The summed E-state index contributed by atoms with van der Waals surface area (Å²) in [5.74, 6) is 3.92. The van der Waals surface area contributed by atoms with Gasteiger partial charge in [0.2, 0.25) is 0 Å². The van der Waals surface area contributed by atoms with Gasteiger partial charge in [-0.1, -0.05) is 171 Å². The van der Waals surface area contributed by atoms with Crippen molar-refractivity contribution >= 4 is 49.8 Å². The Morgan fingerprint density at radius 1 is 0.464 bits per heavy atom. The minimum Gasteiger partial charge on any atom is -0.455 e. The maximum atomic E-state index is 6.63. The standard InChI is InChI=1S/C67H55NO/c1-2-14-44(15-3-1)52-23-11-16-45-17-12-25-58(65(45)52)56-21-5-8-28-63(56)68(51-19-10-18-47(40-51)53-24-13-26-59-57-22-6-9-29-64(57)69-66(53)59)50-33-30-43(31-34-50)46-32-35-55-54-20-4-7-27-60(54)67(62(55)41-46)49-37-42-36-48(39-49)61(67)38-42/h4-13,16-35,40-42,44,48-49,61H,1-3,14-15,36-39H2. The molecule has 5 atom stereocenters. The van der Waals surface area contributed by atoms with E-state index in [1.165, 1.54) is 113 Å². The number of fused-ring (bicyclic) bond motifs is 7. The fraction of sp³-hybridized carbons (Fsp3) is 0.224. The van der Waals surface area contributed by atoms with Crippen LogP contribution < -0.4 is 4.90 Å². The average molecular weight is 890 g/mol. The molecule has 1 aromatic heterocycles. The van der Waals surface area contributed by atoms with Crippen molar-refractivity contribution in [2.75, 3.05) is 4.90 Å². The third-order valence-electron chi connectivity index (χ3n) is 18.1. The third-order valence-corrected chi connectivity index (χ3v) is 18.1. The zero-order valence-electron chi connectivity index (χ0n) is 39.1. The maximum Gasteiger partial charge on any atom is 0.143 e. The number of anilines is 3. The van der Waals surface area contributed by atoms with Crippen molar-refractivity contribution in [3.63, 3.8) is 0 Å². The molecule has 0 aliphatic heterocycles. The van der Waals surface area contributed by atoms with Crippen molar-refractivity contribution < 1.29 is 4.42 Å². The highest BCUT2D eigenvalue weighted by atomic mass is 16.3. The summed E-state index contributed by atoms with van der Waals surface area (Å²) in [6.45, 7) is 0. The number of benzene rings is 9. The first-order valence-electron chi connectivity index (χ1n) is 26.0. The molecule has 5 unspecified atom stereocenters. The van der Waals surface area contributed by atoms with Crippen LogP contribution in [0.1, 0.15) is 80.4 Å². The second kappa shape index (κ2) is 15.4. The molecule has 6 aliphatic rings. The van der Waals surface area contributed by atoms with Crippen molar-refractivity contribution in [3.05, 3.63) is 211 Å². The van der Waals surface area contributed by atoms with Crippen LogP contribution in [0, 0.1) is 23.7 Å². The molecule has 4 bridgehead atoms. The Balaban J connectivity index is 0.887. The van der Waals surface area contributed by atoms with E-state index in [0.717, 1.165) is 68.1 Å². The van der Waals surface area contributed by atoms with Gasteiger partial charge in [-0.05, 0) is 171 Å². The Hall–Kier alpha value is -7.16. The number of hydrogen-bond acceptors (Lipinski definition) is 2. The highest BCUT2D eigenvalue weighted by molar-refractivity contribution is 6.10. The van der Waals surface area contributed by atoms with Gasteiger partial charge >= 0.3 is 0 Å². The summed E-state index contributed by atoms with van der Waals surface area (Å²) in [5, 5.41) is 5.01. The normalized spacial score (nSPS) is 22.3. The molecule has 16 rings (SSSR count). The predicted molar refractivity (Wildman–Crippen MR) is 287 cm³/mol. The first-order valence-corrected chi connectivity index (χ1v) is 26.0. The van der Waals surface area contributed by atoms with E-state index in [1.807, 2.05) is 0 Å². The molecule has 1 spiro atoms. The van der Waals surface area contributed by atoms with Gasteiger partial charge in [0.25, 0.3) is 0 Å². The van der Waals surface area contributed by atoms with Crippen LogP contribution in [0.25, 0.3) is 77.2 Å². The summed E-state index contributed by atoms with van der Waals surface area (Å²) in [6.07, 6.45) is 12.1. The number of hydrogen-bond donors (Lipinski definition) is 0. The summed E-state index contributed by atoms with van der Waals surface area (Å²) >= 11 is 0. The zero-order valence-corrected chi connectivity index (χ0v) is 39.1. The van der Waals surface area contributed by atoms with Gasteiger partial charge in [0.1, 0.15) is 11.2 Å². The summed E-state index contributed by atoms with van der Waals surface area (Å²) in [6, 6.07) is 73.6. The lowest BCUT2D eigenvalue weighted by Gasteiger charge is -2.44. The molecule has 5 saturated carbocycles. The molecule has 10 aromatic rings. The molecule has 2 nitrogen and oxygen atoms in total. The molecule has 0 N–H and O–H groups in total. The Bertz CT molecular complexity index is 3650. The highest BCUT2D eigenvalue weighted by Gasteiger charge is 2.66. The number of furan rings is 1. The summed E-state index contributed by atoms with van der Waals surface area (Å²) < 4.78 is 6.63. The molecule has 2 heteroatoms. The number of rotatable bonds is 7. The van der Waals surface area contributed by atoms with E-state index in [2.05, 4.69) is 199 Å². The van der Waals surface area contributed by atoms with Crippen LogP contribution in [-0.2, 0) is 5.41 Å². The zero-order chi connectivity index (χ0) is 45.2. The molecule has 6 aliphatic carbocycles. The van der Waals surface area contributed by atoms with Gasteiger partial charge in [0, 0.05) is 38.7 Å². The molecule has 0 amide bonds. The van der Waals surface area contributed by atoms with E-state index < -0.39 is 0 Å². The van der Waals surface area contributed by atoms with E-state index in [0.29, 0.717) is 5.92 Å². The maximum absolute atomic E-state index is 6.63. The van der Waals surface area contributed by atoms with Crippen molar-refractivity contribution in [2.45, 2.75) is 69.1 Å². The molecule has 9 aromatic carbocycles. The second-order valence-corrected chi connectivity index (χ2v) is 21.4. The third kappa shape index (κ3) is 5.91. The Labute approximate surface area is 405 Å². The smallest absolute Gasteiger partial charge is 0.143 e. The fourth-order valence-corrected chi connectivity index (χ4v) is 15.4. The van der Waals surface area contributed by atoms with Gasteiger partial charge in [-0.3, -0.25) is 0 Å². The van der Waals surface area contributed by atoms with E-state index >= 15 is 0 Å². The van der Waals surface area contributed by atoms with Gasteiger partial charge < -0.3 is 9.32 Å². The molecular formula is C67H55NO. The first kappa shape index (κ1) is 39.8. The first-order chi connectivity index (χ1) is 34.2. The van der Waals surface area contributed by atoms with Crippen molar-refractivity contribution in [3.8, 4) is 44.5 Å². The molecule has 0 saturated heterocycles. The van der Waals surface area contributed by atoms with E-state index in [4.69, 9.17) is 4.42 Å². The molecular weight excluding hydrogens is 835 g/mol. The lowest BCUT2D eigenvalue weighted by Crippen LogP contribution is -2.40. The lowest BCUT2D eigenvalue weighted by molar-refractivity contribution is 0.191. The monoisotopic (exact) mass is 889 g/mol. The Morgan fingerprint density at radius 2 is 1.19 bits per heavy atom. The van der Waals surface area contributed by atoms with Gasteiger partial charge in [-0.25, -0.2) is 0 Å². The minimum atomic E-state index is 0.163. The summed E-state index contributed by atoms with van der Waals surface area (Å²) in [5.41, 5.74) is 20.5. The number of para-hydroxylation sites is 3. The summed E-state index contributed by atoms with van der Waals surface area (Å²) in [7, 11) is 0. The predicted octanol–water partition coefficient (Wildman–Crippen LogP) is 18.6. The van der Waals surface area contributed by atoms with E-state index in [-0.39, 0.29) is 5.41 Å². The van der Waals surface area contributed by atoms with E-state index in [1.54, 1.807) is 11.1 Å². The van der Waals surface area contributed by atoms with Gasteiger partial charge in [-0.2, -0.15) is 0 Å². The molecule has 5 fully saturated rings. The average Bonchev–Trinajstić information content (AvgIpc) is 4.10. The second-order valence-electron chi connectivity index (χ2n) is 21.4. The van der Waals surface area contributed by atoms with Crippen LogP contribution in [0.3, 0.4) is 0 Å². The topological polar surface area (TPSA) is 16.4 Å². The van der Waals surface area contributed by atoms with Crippen LogP contribution in [0.2, 0.25) is 0 Å². The van der Waals surface area contributed by atoms with Crippen molar-refractivity contribution in [2.24, 2.45) is 23.7 Å². The lowest BCUT2D eigenvalue weighted by atomic mass is 9.59. The van der Waals surface area contributed by atoms with Gasteiger partial charge in [0.15, 0.2) is 0 Å². The fourth-order valence-electron chi connectivity index (χ4n) is 15.4. The minimum absolute atomic E-state index is 0.163. The van der Waals surface area contributed by atoms with Crippen LogP contribution in [0.15, 0.2) is 199 Å². The largest absolute Gasteiger partial charge is 0.455 e. The SMILES string of the molecule is c1cc(-c2cccc3c2oc2ccccc23)cc(N(c2ccc(-c3ccc4c(c3)C3(c5ccccc5-4)C4CC5CC(C4)C3C5)cc2)c2ccccc2-c2cccc3cccc(C4CCCCC4)c23)c1. The van der Waals surface area contributed by atoms with Crippen LogP contribution >= 0.6 is 0 Å². The number of nitrogens with zero attached hydrogens (tertiary/aromatic N) is 1. The molecule has 334 valence electrons. The summed E-state index contributed by atoms with van der Waals surface area (Å²) in [4.78, 5) is 2.50. The van der Waals surface area contributed by atoms with Crippen LogP contribution in [0.4, 0.5) is 17.1 Å². The van der Waals surface area contributed by atoms with Crippen LogP contribution in [-0.4, -0.2) is 0 Å². The van der Waals surface area contributed by atoms with E-state index in [9.17, 15) is 0 Å². The van der Waals surface area contributed by atoms with Gasteiger partial charge in [-0.15, -0.1) is 0 Å². The quantitative estimate of drug-likeness (QED) is 0.159. The molecule has 69 heavy (non-hydrogen) atoms. The molecule has 0 radical (unpaired) electrons. The van der Waals surface area contributed by atoms with Crippen molar-refractivity contribution in [1.29, 1.82) is 0 Å². The van der Waals surface area contributed by atoms with Gasteiger partial charge in [0.05, 0.1) is 5.69 Å².